The maximum atomic E-state index is 13.8. The lowest BCUT2D eigenvalue weighted by Crippen LogP contribution is -2.49. The number of para-hydroxylation sites is 1. The van der Waals surface area contributed by atoms with Gasteiger partial charge >= 0.3 is 0 Å². The zero-order valence-electron chi connectivity index (χ0n) is 24.1. The first-order chi connectivity index (χ1) is 20.3. The van der Waals surface area contributed by atoms with Gasteiger partial charge in [-0.05, 0) is 56.2 Å². The largest absolute Gasteiger partial charge is 0.291 e. The van der Waals surface area contributed by atoms with E-state index < -0.39 is 10.0 Å². The molecule has 1 aromatic heterocycles. The molecule has 2 aliphatic rings. The molecule has 218 valence electrons. The molecular formula is C33H36N4O3S2. The number of hydrogen-bond donors (Lipinski definition) is 1. The predicted molar refractivity (Wildman–Crippen MR) is 175 cm³/mol. The van der Waals surface area contributed by atoms with Crippen molar-refractivity contribution in [1.82, 2.24) is 18.8 Å². The fourth-order valence-electron chi connectivity index (χ4n) is 5.62. The van der Waals surface area contributed by atoms with Crippen LogP contribution in [0.1, 0.15) is 32.1 Å². The Labute approximate surface area is 252 Å². The summed E-state index contributed by atoms with van der Waals surface area (Å²) < 4.78 is 30.7. The molecule has 1 aliphatic heterocycles. The van der Waals surface area contributed by atoms with E-state index in [4.69, 9.17) is 4.98 Å². The van der Waals surface area contributed by atoms with Crippen molar-refractivity contribution < 1.29 is 8.42 Å². The van der Waals surface area contributed by atoms with Gasteiger partial charge in [0.2, 0.25) is 10.0 Å². The number of rotatable bonds is 5. The summed E-state index contributed by atoms with van der Waals surface area (Å²) >= 11 is 3.53. The minimum absolute atomic E-state index is 0.0972. The Bertz CT molecular complexity index is 1860. The number of benzene rings is 3. The van der Waals surface area contributed by atoms with E-state index in [1.807, 2.05) is 80.6 Å². The van der Waals surface area contributed by atoms with Gasteiger partial charge in [0.25, 0.3) is 5.56 Å². The normalized spacial score (nSPS) is 17.2. The summed E-state index contributed by atoms with van der Waals surface area (Å²) in [6.07, 6.45) is 10.6. The minimum atomic E-state index is -3.66. The molecule has 42 heavy (non-hydrogen) atoms. The predicted octanol–water partition coefficient (Wildman–Crippen LogP) is 5.91. The molecule has 1 saturated heterocycles. The third-order valence-corrected chi connectivity index (χ3v) is 9.86. The maximum absolute atomic E-state index is 13.8. The van der Waals surface area contributed by atoms with E-state index in [1.165, 1.54) is 0 Å². The lowest BCUT2D eigenvalue weighted by Gasteiger charge is -2.37. The molecule has 3 aromatic carbocycles. The quantitative estimate of drug-likeness (QED) is 0.288. The van der Waals surface area contributed by atoms with Gasteiger partial charge in [-0.25, -0.2) is 13.4 Å². The van der Waals surface area contributed by atoms with Crippen molar-refractivity contribution in [3.05, 3.63) is 113 Å². The summed E-state index contributed by atoms with van der Waals surface area (Å²) in [6.45, 7) is 5.88. The third-order valence-electron chi connectivity index (χ3n) is 7.91. The number of sulfonamides is 1. The second-order valence-corrected chi connectivity index (χ2v) is 12.3. The van der Waals surface area contributed by atoms with E-state index in [0.29, 0.717) is 47.8 Å². The van der Waals surface area contributed by atoms with E-state index in [-0.39, 0.29) is 11.6 Å². The summed E-state index contributed by atoms with van der Waals surface area (Å²) in [5.41, 5.74) is 2.51. The van der Waals surface area contributed by atoms with Crippen LogP contribution in [0.15, 0.2) is 106 Å². The Morgan fingerprint density at radius 1 is 0.833 bits per heavy atom. The van der Waals surface area contributed by atoms with Crippen molar-refractivity contribution >= 4 is 50.0 Å². The summed E-state index contributed by atoms with van der Waals surface area (Å²) in [7, 11) is -3.66. The Morgan fingerprint density at radius 2 is 1.50 bits per heavy atom. The second-order valence-electron chi connectivity index (χ2n) is 10.4. The Morgan fingerprint density at radius 3 is 2.26 bits per heavy atom. The lowest BCUT2D eigenvalue weighted by atomic mass is 10.1. The van der Waals surface area contributed by atoms with Crippen molar-refractivity contribution in [3.63, 3.8) is 0 Å². The SMILES string of the molecule is CC1=CCC=C(n2c(C(C)N3CCN(S(=O)(=O)c4cccc5ccccc45)CC3)nc3ccccc3c2=O)C=C1.CS. The first kappa shape index (κ1) is 30.0. The van der Waals surface area contributed by atoms with Crippen molar-refractivity contribution in [2.45, 2.75) is 31.2 Å². The van der Waals surface area contributed by atoms with Crippen LogP contribution in [-0.4, -0.2) is 59.6 Å². The molecule has 4 aromatic rings. The minimum Gasteiger partial charge on any atom is -0.291 e. The molecule has 0 N–H and O–H groups in total. The van der Waals surface area contributed by atoms with Crippen LogP contribution in [-0.2, 0) is 10.0 Å². The van der Waals surface area contributed by atoms with E-state index in [1.54, 1.807) is 27.3 Å². The molecule has 9 heteroatoms. The molecule has 1 aliphatic carbocycles. The number of nitrogens with zero attached hydrogens (tertiary/aromatic N) is 4. The molecule has 2 heterocycles. The van der Waals surface area contributed by atoms with Crippen molar-refractivity contribution in [3.8, 4) is 0 Å². The number of fused-ring (bicyclic) bond motifs is 2. The highest BCUT2D eigenvalue weighted by atomic mass is 32.2. The molecule has 0 spiro atoms. The topological polar surface area (TPSA) is 75.5 Å². The average Bonchev–Trinajstić information content (AvgIpc) is 3.25. The van der Waals surface area contributed by atoms with Crippen LogP contribution in [0.25, 0.3) is 27.4 Å². The standard InChI is InChI=1S/C32H32N4O3S.CH4S/c1-23-9-7-12-26(18-17-23)36-31(33-29-15-6-5-14-28(29)32(36)37)24(2)34-19-21-35(22-20-34)40(38,39)30-16-8-11-25-10-3-4-13-27(25)30;1-2/h3-6,8-18,24H,7,19-22H2,1-2H3;2H,1H3. The highest BCUT2D eigenvalue weighted by Gasteiger charge is 2.33. The summed E-state index contributed by atoms with van der Waals surface area (Å²) in [6, 6.07) is 20.2. The zero-order chi connectivity index (χ0) is 29.9. The first-order valence-corrected chi connectivity index (χ1v) is 16.4. The molecule has 7 nitrogen and oxygen atoms in total. The fraction of sp³-hybridized carbons (Fsp3) is 0.273. The number of aromatic nitrogens is 2. The van der Waals surface area contributed by atoms with E-state index in [9.17, 15) is 13.2 Å². The van der Waals surface area contributed by atoms with Crippen LogP contribution in [0.2, 0.25) is 0 Å². The molecule has 0 saturated carbocycles. The van der Waals surface area contributed by atoms with Gasteiger partial charge in [0, 0.05) is 37.3 Å². The maximum Gasteiger partial charge on any atom is 0.266 e. The second kappa shape index (κ2) is 12.8. The number of hydrogen-bond acceptors (Lipinski definition) is 6. The van der Waals surface area contributed by atoms with Gasteiger partial charge in [-0.3, -0.25) is 14.3 Å². The molecule has 0 radical (unpaired) electrons. The van der Waals surface area contributed by atoms with Gasteiger partial charge in [-0.15, -0.1) is 0 Å². The monoisotopic (exact) mass is 600 g/mol. The average molecular weight is 601 g/mol. The Hall–Kier alpha value is -3.50. The molecule has 1 unspecified atom stereocenters. The first-order valence-electron chi connectivity index (χ1n) is 14.1. The van der Waals surface area contributed by atoms with Gasteiger partial charge in [0.1, 0.15) is 5.82 Å². The van der Waals surface area contributed by atoms with Gasteiger partial charge in [0.15, 0.2) is 0 Å². The van der Waals surface area contributed by atoms with Gasteiger partial charge in [-0.2, -0.15) is 16.9 Å². The molecule has 1 atom stereocenters. The summed E-state index contributed by atoms with van der Waals surface area (Å²) in [4.78, 5) is 21.3. The molecule has 0 bridgehead atoms. The Balaban J connectivity index is 0.00000173. The Kier molecular flexibility index (Phi) is 9.13. The number of piperazine rings is 1. The van der Waals surface area contributed by atoms with Crippen LogP contribution in [0.5, 0.6) is 0 Å². The molecule has 0 amide bonds. The van der Waals surface area contributed by atoms with Crippen LogP contribution in [0.3, 0.4) is 0 Å². The molecular weight excluding hydrogens is 565 g/mol. The van der Waals surface area contributed by atoms with E-state index in [2.05, 4.69) is 29.7 Å². The lowest BCUT2D eigenvalue weighted by molar-refractivity contribution is 0.140. The summed E-state index contributed by atoms with van der Waals surface area (Å²) in [5.74, 6) is 0.657. The molecule has 6 rings (SSSR count). The van der Waals surface area contributed by atoms with Crippen LogP contribution in [0, 0.1) is 0 Å². The highest BCUT2D eigenvalue weighted by molar-refractivity contribution is 7.89. The summed E-state index contributed by atoms with van der Waals surface area (Å²) in [5, 5.41) is 2.22. The van der Waals surface area contributed by atoms with Gasteiger partial charge in [-0.1, -0.05) is 72.3 Å². The zero-order valence-corrected chi connectivity index (χ0v) is 25.9. The smallest absolute Gasteiger partial charge is 0.266 e. The van der Waals surface area contributed by atoms with Gasteiger partial charge in [0.05, 0.1) is 21.8 Å². The van der Waals surface area contributed by atoms with Crippen molar-refractivity contribution in [2.24, 2.45) is 0 Å². The van der Waals surface area contributed by atoms with Crippen molar-refractivity contribution in [2.75, 3.05) is 32.4 Å². The number of allylic oxidation sites excluding steroid dienone is 6. The fourth-order valence-corrected chi connectivity index (χ4v) is 7.25. The van der Waals surface area contributed by atoms with Crippen molar-refractivity contribution in [1.29, 1.82) is 0 Å². The number of thiol groups is 1. The van der Waals surface area contributed by atoms with E-state index in [0.717, 1.165) is 28.5 Å². The van der Waals surface area contributed by atoms with E-state index >= 15 is 0 Å². The van der Waals surface area contributed by atoms with Crippen LogP contribution in [0.4, 0.5) is 0 Å². The molecule has 1 fully saturated rings. The highest BCUT2D eigenvalue weighted by Crippen LogP contribution is 2.29. The van der Waals surface area contributed by atoms with Crippen LogP contribution < -0.4 is 5.56 Å². The van der Waals surface area contributed by atoms with Crippen LogP contribution >= 0.6 is 12.6 Å². The van der Waals surface area contributed by atoms with Gasteiger partial charge < -0.3 is 0 Å². The third kappa shape index (κ3) is 5.74.